The first-order valence-corrected chi connectivity index (χ1v) is 11.8. The number of hydrogen-bond donors (Lipinski definition) is 2. The molecule has 0 aromatic carbocycles. The summed E-state index contributed by atoms with van der Waals surface area (Å²) in [7, 11) is 3.80. The zero-order valence-electron chi connectivity index (χ0n) is 20.3. The first-order chi connectivity index (χ1) is 16.6. The van der Waals surface area contributed by atoms with Gasteiger partial charge in [-0.2, -0.15) is 23.3 Å². The lowest BCUT2D eigenvalue weighted by Crippen LogP contribution is -2.47. The zero-order chi connectivity index (χ0) is 25.2. The van der Waals surface area contributed by atoms with Crippen molar-refractivity contribution in [2.45, 2.75) is 38.4 Å². The van der Waals surface area contributed by atoms with Crippen LogP contribution in [-0.4, -0.2) is 93.8 Å². The fraction of sp³-hybridized carbons (Fsp3) is 0.636. The van der Waals surface area contributed by atoms with Gasteiger partial charge < -0.3 is 25.3 Å². The maximum absolute atomic E-state index is 13.6. The topological polar surface area (TPSA) is 94.5 Å². The van der Waals surface area contributed by atoms with Gasteiger partial charge in [-0.25, -0.2) is 9.78 Å². The summed E-state index contributed by atoms with van der Waals surface area (Å²) in [5.74, 6) is -0.237. The van der Waals surface area contributed by atoms with E-state index in [9.17, 15) is 18.0 Å². The lowest BCUT2D eigenvalue weighted by Gasteiger charge is -2.33. The van der Waals surface area contributed by atoms with Gasteiger partial charge in [-0.1, -0.05) is 0 Å². The Bertz CT molecular complexity index is 1040. The molecule has 2 fully saturated rings. The van der Waals surface area contributed by atoms with Crippen LogP contribution in [-0.2, 0) is 6.18 Å². The number of urea groups is 1. The lowest BCUT2D eigenvalue weighted by atomic mass is 10.2. The number of amides is 2. The highest BCUT2D eigenvalue weighted by Gasteiger charge is 2.35. The Hall–Kier alpha value is -3.09. The molecule has 2 saturated heterocycles. The number of carbonyl (C=O) groups excluding carboxylic acids is 1. The largest absolute Gasteiger partial charge is 0.421 e. The van der Waals surface area contributed by atoms with E-state index in [0.717, 1.165) is 38.7 Å². The molecule has 35 heavy (non-hydrogen) atoms. The molecule has 2 amide bonds. The third kappa shape index (κ3) is 5.95. The third-order valence-corrected chi connectivity index (χ3v) is 6.41. The number of likely N-dealkylation sites (N-methyl/N-ethyl adjacent to an activating group) is 1. The fourth-order valence-corrected chi connectivity index (χ4v) is 4.44. The Morgan fingerprint density at radius 3 is 2.71 bits per heavy atom. The highest BCUT2D eigenvalue weighted by atomic mass is 19.4. The number of anilines is 3. The van der Waals surface area contributed by atoms with Gasteiger partial charge >= 0.3 is 12.2 Å². The molecule has 192 valence electrons. The van der Waals surface area contributed by atoms with Crippen LogP contribution in [0.5, 0.6) is 0 Å². The minimum Gasteiger partial charge on any atom is -0.369 e. The number of alkyl halides is 3. The molecule has 1 atom stereocenters. The molecule has 0 radical (unpaired) electrons. The highest BCUT2D eigenvalue weighted by Crippen LogP contribution is 2.34. The van der Waals surface area contributed by atoms with Crippen molar-refractivity contribution in [2.24, 2.45) is 0 Å². The van der Waals surface area contributed by atoms with Gasteiger partial charge in [0, 0.05) is 52.2 Å². The van der Waals surface area contributed by atoms with Crippen molar-refractivity contribution in [1.29, 1.82) is 0 Å². The molecular weight excluding hydrogens is 463 g/mol. The molecule has 13 heteroatoms. The predicted octanol–water partition coefficient (Wildman–Crippen LogP) is 3.18. The Labute approximate surface area is 202 Å². The minimum absolute atomic E-state index is 0.0547. The summed E-state index contributed by atoms with van der Waals surface area (Å²) >= 11 is 0. The molecule has 2 aliphatic heterocycles. The summed E-state index contributed by atoms with van der Waals surface area (Å²) in [6, 6.07) is 0.201. The van der Waals surface area contributed by atoms with E-state index in [1.54, 1.807) is 16.8 Å². The van der Waals surface area contributed by atoms with Gasteiger partial charge in [0.1, 0.15) is 11.4 Å². The molecule has 2 aromatic rings. The molecule has 0 saturated carbocycles. The molecular formula is C22H32F3N9O. The number of likely N-dealkylation sites (tertiary alicyclic amines) is 1. The molecule has 4 heterocycles. The molecule has 0 bridgehead atoms. The van der Waals surface area contributed by atoms with Crippen molar-refractivity contribution in [1.82, 2.24) is 34.4 Å². The maximum Gasteiger partial charge on any atom is 0.421 e. The van der Waals surface area contributed by atoms with Gasteiger partial charge in [-0.3, -0.25) is 4.68 Å². The van der Waals surface area contributed by atoms with Crippen molar-refractivity contribution in [2.75, 3.05) is 64.0 Å². The highest BCUT2D eigenvalue weighted by molar-refractivity contribution is 5.74. The molecule has 2 aromatic heterocycles. The van der Waals surface area contributed by atoms with Crippen LogP contribution >= 0.6 is 0 Å². The van der Waals surface area contributed by atoms with Crippen molar-refractivity contribution in [3.05, 3.63) is 23.7 Å². The van der Waals surface area contributed by atoms with Gasteiger partial charge in [0.15, 0.2) is 0 Å². The average Bonchev–Trinajstić information content (AvgIpc) is 3.39. The van der Waals surface area contributed by atoms with Crippen LogP contribution in [0, 0.1) is 6.92 Å². The Balaban J connectivity index is 1.42. The molecule has 10 nitrogen and oxygen atoms in total. The van der Waals surface area contributed by atoms with Crippen LogP contribution in [0.25, 0.3) is 0 Å². The first-order valence-electron chi connectivity index (χ1n) is 11.8. The number of nitrogens with one attached hydrogen (secondary N) is 2. The molecule has 0 aliphatic carbocycles. The van der Waals surface area contributed by atoms with Crippen LogP contribution in [0.3, 0.4) is 0 Å². The van der Waals surface area contributed by atoms with E-state index in [4.69, 9.17) is 0 Å². The van der Waals surface area contributed by atoms with Gasteiger partial charge in [0.25, 0.3) is 0 Å². The van der Waals surface area contributed by atoms with Crippen molar-refractivity contribution in [3.63, 3.8) is 0 Å². The Morgan fingerprint density at radius 1 is 1.20 bits per heavy atom. The summed E-state index contributed by atoms with van der Waals surface area (Å²) in [5, 5.41) is 10.4. The van der Waals surface area contributed by atoms with E-state index in [1.807, 2.05) is 17.8 Å². The van der Waals surface area contributed by atoms with Crippen LogP contribution in [0.15, 0.2) is 12.4 Å². The van der Waals surface area contributed by atoms with Gasteiger partial charge in [0.05, 0.1) is 17.4 Å². The summed E-state index contributed by atoms with van der Waals surface area (Å²) in [6.07, 6.45) is 0.392. The standard InChI is InChI=1S/C22H32F3N9O/c1-15-18(14-34(30-15)16-6-11-31(2)13-16)28-20-27-12-17(22(23,24)25)19(29-20)26-7-4-9-33-10-5-8-32(3)21(33)35/h12,14,16H,4-11,13H2,1-3H3,(H2,26,27,28,29). The monoisotopic (exact) mass is 495 g/mol. The maximum atomic E-state index is 13.6. The van der Waals surface area contributed by atoms with E-state index >= 15 is 0 Å². The van der Waals surface area contributed by atoms with E-state index in [-0.39, 0.29) is 30.4 Å². The molecule has 1 unspecified atom stereocenters. The van der Waals surface area contributed by atoms with E-state index < -0.39 is 11.7 Å². The van der Waals surface area contributed by atoms with Gasteiger partial charge in [0.2, 0.25) is 5.95 Å². The average molecular weight is 496 g/mol. The summed E-state index contributed by atoms with van der Waals surface area (Å²) in [5.41, 5.74) is 0.435. The Morgan fingerprint density at radius 2 is 2.00 bits per heavy atom. The number of aryl methyl sites for hydroxylation is 1. The fourth-order valence-electron chi connectivity index (χ4n) is 4.44. The smallest absolute Gasteiger partial charge is 0.369 e. The molecule has 4 rings (SSSR count). The van der Waals surface area contributed by atoms with E-state index in [2.05, 4.69) is 37.6 Å². The second-order valence-corrected chi connectivity index (χ2v) is 9.22. The SMILES string of the molecule is Cc1nn(C2CCN(C)C2)cc1Nc1ncc(C(F)(F)F)c(NCCCN2CCCN(C)C2=O)n1. The number of carbonyl (C=O) groups is 1. The normalized spacial score (nSPS) is 19.5. The van der Waals surface area contributed by atoms with Gasteiger partial charge in [-0.15, -0.1) is 0 Å². The van der Waals surface area contributed by atoms with Crippen molar-refractivity contribution < 1.29 is 18.0 Å². The van der Waals surface area contributed by atoms with Gasteiger partial charge in [-0.05, 0) is 39.8 Å². The number of aromatic nitrogens is 4. The Kier molecular flexibility index (Phi) is 7.33. The molecule has 2 N–H and O–H groups in total. The number of nitrogens with zero attached hydrogens (tertiary/aromatic N) is 7. The summed E-state index contributed by atoms with van der Waals surface area (Å²) < 4.78 is 42.6. The number of hydrogen-bond acceptors (Lipinski definition) is 7. The summed E-state index contributed by atoms with van der Waals surface area (Å²) in [6.45, 7) is 5.79. The number of rotatable bonds is 8. The van der Waals surface area contributed by atoms with Crippen LogP contribution < -0.4 is 10.6 Å². The van der Waals surface area contributed by atoms with Crippen molar-refractivity contribution >= 4 is 23.5 Å². The zero-order valence-corrected chi connectivity index (χ0v) is 20.3. The van der Waals surface area contributed by atoms with E-state index in [1.165, 1.54) is 0 Å². The second-order valence-electron chi connectivity index (χ2n) is 9.22. The molecule has 0 spiro atoms. The van der Waals surface area contributed by atoms with Crippen LogP contribution in [0.4, 0.5) is 35.4 Å². The third-order valence-electron chi connectivity index (χ3n) is 6.41. The quantitative estimate of drug-likeness (QED) is 0.543. The van der Waals surface area contributed by atoms with Crippen LogP contribution in [0.1, 0.15) is 36.6 Å². The number of halogens is 3. The van der Waals surface area contributed by atoms with E-state index in [0.29, 0.717) is 30.9 Å². The minimum atomic E-state index is -4.60. The lowest BCUT2D eigenvalue weighted by molar-refractivity contribution is -0.137. The predicted molar refractivity (Wildman–Crippen MR) is 126 cm³/mol. The molecule has 2 aliphatic rings. The summed E-state index contributed by atoms with van der Waals surface area (Å²) in [4.78, 5) is 25.8. The van der Waals surface area contributed by atoms with Crippen molar-refractivity contribution in [3.8, 4) is 0 Å². The first kappa shape index (κ1) is 25.0. The second kappa shape index (κ2) is 10.3. The van der Waals surface area contributed by atoms with Crippen LogP contribution in [0.2, 0.25) is 0 Å².